The zero-order valence-electron chi connectivity index (χ0n) is 9.81. The Labute approximate surface area is 105 Å². The van der Waals surface area contributed by atoms with Crippen molar-refractivity contribution < 1.29 is 5.11 Å². The standard InChI is InChI=1S/C13H16N2OS/c1-9-13(10-4-6-11(16)7-5-10)15-12(17-9)3-2-8-14/h4-7,16H,2-3,8,14H2,1H3. The Bertz CT molecular complexity index is 491. The molecule has 0 fully saturated rings. The first-order valence-electron chi connectivity index (χ1n) is 5.66. The van der Waals surface area contributed by atoms with E-state index in [1.807, 2.05) is 12.1 Å². The number of aromatic hydroxyl groups is 1. The molecule has 3 nitrogen and oxygen atoms in total. The summed E-state index contributed by atoms with van der Waals surface area (Å²) in [6.45, 7) is 2.78. The molecule has 0 aliphatic rings. The number of nitrogens with zero attached hydrogens (tertiary/aromatic N) is 1. The largest absolute Gasteiger partial charge is 0.508 e. The van der Waals surface area contributed by atoms with E-state index in [0.29, 0.717) is 6.54 Å². The van der Waals surface area contributed by atoms with Crippen molar-refractivity contribution in [3.05, 3.63) is 34.2 Å². The van der Waals surface area contributed by atoms with Gasteiger partial charge in [-0.05, 0) is 44.2 Å². The number of aromatic nitrogens is 1. The number of thiazole rings is 1. The van der Waals surface area contributed by atoms with Gasteiger partial charge in [0.05, 0.1) is 10.7 Å². The van der Waals surface area contributed by atoms with Crippen LogP contribution in [0.15, 0.2) is 24.3 Å². The van der Waals surface area contributed by atoms with E-state index in [1.54, 1.807) is 23.5 Å². The molecule has 1 heterocycles. The summed E-state index contributed by atoms with van der Waals surface area (Å²) in [5.74, 6) is 0.282. The van der Waals surface area contributed by atoms with E-state index < -0.39 is 0 Å². The predicted octanol–water partition coefficient (Wildman–Crippen LogP) is 2.72. The number of aryl methyl sites for hydroxylation is 2. The Morgan fingerprint density at radius 2 is 2.00 bits per heavy atom. The molecule has 4 heteroatoms. The fourth-order valence-corrected chi connectivity index (χ4v) is 2.70. The molecule has 1 aromatic carbocycles. The van der Waals surface area contributed by atoms with Gasteiger partial charge in [-0.2, -0.15) is 0 Å². The van der Waals surface area contributed by atoms with Crippen molar-refractivity contribution in [1.29, 1.82) is 0 Å². The maximum absolute atomic E-state index is 9.26. The minimum absolute atomic E-state index is 0.282. The zero-order chi connectivity index (χ0) is 12.3. The molecule has 0 radical (unpaired) electrons. The second-order valence-electron chi connectivity index (χ2n) is 3.95. The number of hydrogen-bond donors (Lipinski definition) is 2. The smallest absolute Gasteiger partial charge is 0.115 e. The normalized spacial score (nSPS) is 10.7. The van der Waals surface area contributed by atoms with E-state index in [2.05, 4.69) is 11.9 Å². The summed E-state index contributed by atoms with van der Waals surface area (Å²) in [4.78, 5) is 5.84. The number of rotatable bonds is 4. The maximum atomic E-state index is 9.26. The third-order valence-corrected chi connectivity index (χ3v) is 3.61. The second-order valence-corrected chi connectivity index (χ2v) is 5.24. The zero-order valence-corrected chi connectivity index (χ0v) is 10.6. The lowest BCUT2D eigenvalue weighted by atomic mass is 10.1. The van der Waals surface area contributed by atoms with Crippen molar-refractivity contribution in [3.8, 4) is 17.0 Å². The Kier molecular flexibility index (Phi) is 3.76. The average molecular weight is 248 g/mol. The van der Waals surface area contributed by atoms with Gasteiger partial charge in [0.2, 0.25) is 0 Å². The molecule has 3 N–H and O–H groups in total. The monoisotopic (exact) mass is 248 g/mol. The molecule has 0 saturated heterocycles. The fraction of sp³-hybridized carbons (Fsp3) is 0.308. The molecule has 0 saturated carbocycles. The van der Waals surface area contributed by atoms with Crippen molar-refractivity contribution >= 4 is 11.3 Å². The van der Waals surface area contributed by atoms with Gasteiger partial charge in [-0.15, -0.1) is 11.3 Å². The van der Waals surface area contributed by atoms with Crippen molar-refractivity contribution in [2.24, 2.45) is 5.73 Å². The second kappa shape index (κ2) is 5.29. The fourth-order valence-electron chi connectivity index (χ4n) is 1.70. The van der Waals surface area contributed by atoms with Crippen molar-refractivity contribution in [3.63, 3.8) is 0 Å². The third kappa shape index (κ3) is 2.84. The highest BCUT2D eigenvalue weighted by molar-refractivity contribution is 7.12. The summed E-state index contributed by atoms with van der Waals surface area (Å²) in [5.41, 5.74) is 7.57. The van der Waals surface area contributed by atoms with E-state index in [-0.39, 0.29) is 5.75 Å². The van der Waals surface area contributed by atoms with Gasteiger partial charge in [-0.3, -0.25) is 0 Å². The van der Waals surface area contributed by atoms with Crippen LogP contribution < -0.4 is 5.73 Å². The molecular formula is C13H16N2OS. The van der Waals surface area contributed by atoms with Crippen LogP contribution in [0.3, 0.4) is 0 Å². The minimum Gasteiger partial charge on any atom is -0.508 e. The summed E-state index contributed by atoms with van der Waals surface area (Å²) in [6.07, 6.45) is 1.92. The first kappa shape index (κ1) is 12.1. The molecule has 0 aliphatic heterocycles. The number of benzene rings is 1. The number of nitrogens with two attached hydrogens (primary N) is 1. The van der Waals surface area contributed by atoms with E-state index in [4.69, 9.17) is 5.73 Å². The van der Waals surface area contributed by atoms with Crippen LogP contribution in [0, 0.1) is 6.92 Å². The van der Waals surface area contributed by atoms with Gasteiger partial charge in [0.1, 0.15) is 5.75 Å². The quantitative estimate of drug-likeness (QED) is 0.874. The Morgan fingerprint density at radius 3 is 2.65 bits per heavy atom. The molecule has 1 aromatic heterocycles. The predicted molar refractivity (Wildman–Crippen MR) is 71.3 cm³/mol. The summed E-state index contributed by atoms with van der Waals surface area (Å²) in [6, 6.07) is 7.16. The van der Waals surface area contributed by atoms with Crippen molar-refractivity contribution in [2.45, 2.75) is 19.8 Å². The van der Waals surface area contributed by atoms with Gasteiger partial charge in [0.15, 0.2) is 0 Å². The minimum atomic E-state index is 0.282. The Morgan fingerprint density at radius 1 is 1.29 bits per heavy atom. The summed E-state index contributed by atoms with van der Waals surface area (Å²) in [7, 11) is 0. The lowest BCUT2D eigenvalue weighted by molar-refractivity contribution is 0.475. The Balaban J connectivity index is 2.26. The Hall–Kier alpha value is -1.39. The lowest BCUT2D eigenvalue weighted by Gasteiger charge is -1.98. The topological polar surface area (TPSA) is 59.1 Å². The van der Waals surface area contributed by atoms with Gasteiger partial charge < -0.3 is 10.8 Å². The van der Waals surface area contributed by atoms with E-state index >= 15 is 0 Å². The molecule has 0 atom stereocenters. The van der Waals surface area contributed by atoms with Crippen LogP contribution in [-0.2, 0) is 6.42 Å². The van der Waals surface area contributed by atoms with Crippen LogP contribution in [0.1, 0.15) is 16.3 Å². The van der Waals surface area contributed by atoms with Crippen LogP contribution in [0.4, 0.5) is 0 Å². The molecule has 0 bridgehead atoms. The van der Waals surface area contributed by atoms with Crippen LogP contribution >= 0.6 is 11.3 Å². The molecule has 2 rings (SSSR count). The molecule has 0 spiro atoms. The average Bonchev–Trinajstić information content (AvgIpc) is 2.69. The van der Waals surface area contributed by atoms with Gasteiger partial charge in [0, 0.05) is 16.9 Å². The number of phenols is 1. The summed E-state index contributed by atoms with van der Waals surface area (Å²) < 4.78 is 0. The van der Waals surface area contributed by atoms with Crippen LogP contribution in [0.25, 0.3) is 11.3 Å². The number of hydrogen-bond acceptors (Lipinski definition) is 4. The SMILES string of the molecule is Cc1sc(CCCN)nc1-c1ccc(O)cc1. The molecule has 90 valence electrons. The van der Waals surface area contributed by atoms with Gasteiger partial charge >= 0.3 is 0 Å². The molecular weight excluding hydrogens is 232 g/mol. The van der Waals surface area contributed by atoms with Crippen LogP contribution in [-0.4, -0.2) is 16.6 Å². The molecule has 2 aromatic rings. The highest BCUT2D eigenvalue weighted by atomic mass is 32.1. The lowest BCUT2D eigenvalue weighted by Crippen LogP contribution is -1.99. The summed E-state index contributed by atoms with van der Waals surface area (Å²) in [5, 5.41) is 10.4. The molecule has 0 unspecified atom stereocenters. The van der Waals surface area contributed by atoms with Gasteiger partial charge in [-0.1, -0.05) is 0 Å². The van der Waals surface area contributed by atoms with Crippen molar-refractivity contribution in [2.75, 3.05) is 6.54 Å². The highest BCUT2D eigenvalue weighted by Gasteiger charge is 2.09. The van der Waals surface area contributed by atoms with E-state index in [0.717, 1.165) is 29.1 Å². The number of phenolic OH excluding ortho intramolecular Hbond substituents is 1. The maximum Gasteiger partial charge on any atom is 0.115 e. The third-order valence-electron chi connectivity index (χ3n) is 2.58. The van der Waals surface area contributed by atoms with E-state index in [1.165, 1.54) is 4.88 Å². The van der Waals surface area contributed by atoms with E-state index in [9.17, 15) is 5.11 Å². The van der Waals surface area contributed by atoms with Crippen molar-refractivity contribution in [1.82, 2.24) is 4.98 Å². The highest BCUT2D eigenvalue weighted by Crippen LogP contribution is 2.29. The van der Waals surface area contributed by atoms with Crippen LogP contribution in [0.5, 0.6) is 5.75 Å². The van der Waals surface area contributed by atoms with Gasteiger partial charge in [0.25, 0.3) is 0 Å². The van der Waals surface area contributed by atoms with Gasteiger partial charge in [-0.25, -0.2) is 4.98 Å². The van der Waals surface area contributed by atoms with Crippen LogP contribution in [0.2, 0.25) is 0 Å². The first-order valence-corrected chi connectivity index (χ1v) is 6.48. The summed E-state index contributed by atoms with van der Waals surface area (Å²) >= 11 is 1.72. The first-order chi connectivity index (χ1) is 8.20. The molecule has 0 aliphatic carbocycles. The molecule has 0 amide bonds. The molecule has 17 heavy (non-hydrogen) atoms.